The van der Waals surface area contributed by atoms with Gasteiger partial charge in [-0.15, -0.1) is 0 Å². The molecule has 29 heavy (non-hydrogen) atoms. The third-order valence-electron chi connectivity index (χ3n) is 4.98. The Morgan fingerprint density at radius 2 is 2.03 bits per heavy atom. The van der Waals surface area contributed by atoms with Crippen molar-refractivity contribution in [2.75, 3.05) is 11.9 Å². The summed E-state index contributed by atoms with van der Waals surface area (Å²) >= 11 is 0. The second-order valence-corrected chi connectivity index (χ2v) is 6.93. The first kappa shape index (κ1) is 18.7. The van der Waals surface area contributed by atoms with Crippen LogP contribution in [0.25, 0.3) is 10.9 Å². The lowest BCUT2D eigenvalue weighted by Crippen LogP contribution is -2.32. The number of halogens is 1. The van der Waals surface area contributed by atoms with Crippen LogP contribution < -0.4 is 10.6 Å². The average molecular weight is 388 g/mol. The Balaban J connectivity index is 1.55. The Kier molecular flexibility index (Phi) is 5.24. The van der Waals surface area contributed by atoms with Crippen molar-refractivity contribution in [1.29, 1.82) is 0 Å². The fourth-order valence-electron chi connectivity index (χ4n) is 3.41. The maximum Gasteiger partial charge on any atom is 0.319 e. The molecule has 4 aromatic rings. The number of rotatable bonds is 5. The molecular formula is C23H21FN4O. The van der Waals surface area contributed by atoms with Crippen LogP contribution in [0.15, 0.2) is 73.2 Å². The van der Waals surface area contributed by atoms with Crippen LogP contribution in [0.2, 0.25) is 0 Å². The van der Waals surface area contributed by atoms with Crippen molar-refractivity contribution in [2.24, 2.45) is 0 Å². The number of hydrogen-bond acceptors (Lipinski definition) is 2. The van der Waals surface area contributed by atoms with E-state index in [1.165, 1.54) is 6.07 Å². The molecule has 0 unspecified atom stereocenters. The van der Waals surface area contributed by atoms with E-state index in [1.54, 1.807) is 31.5 Å². The molecule has 0 spiro atoms. The maximum absolute atomic E-state index is 13.7. The van der Waals surface area contributed by atoms with E-state index in [2.05, 4.69) is 26.7 Å². The summed E-state index contributed by atoms with van der Waals surface area (Å²) in [5.74, 6) is -0.435. The summed E-state index contributed by atoms with van der Waals surface area (Å²) in [6.45, 7) is 2.05. The zero-order valence-electron chi connectivity index (χ0n) is 15.9. The molecule has 2 amide bonds. The van der Waals surface area contributed by atoms with Crippen molar-refractivity contribution in [3.63, 3.8) is 0 Å². The predicted octanol–water partition coefficient (Wildman–Crippen LogP) is 4.96. The van der Waals surface area contributed by atoms with Gasteiger partial charge >= 0.3 is 6.03 Å². The standard InChI is InChI=1S/C23H21FN4O/c1-15-8-9-17(11-21(15)24)28-23(29)27-13-19(16-5-4-10-25-12-16)20-14-26-22-7-3-2-6-18(20)22/h2-12,14,19,26H,13H2,1H3,(H2,27,28,29)/t19-/m0/s1. The van der Waals surface area contributed by atoms with Crippen LogP contribution in [0.5, 0.6) is 0 Å². The number of amides is 2. The van der Waals surface area contributed by atoms with E-state index in [4.69, 9.17) is 0 Å². The summed E-state index contributed by atoms with van der Waals surface area (Å²) in [5, 5.41) is 6.69. The highest BCUT2D eigenvalue weighted by atomic mass is 19.1. The van der Waals surface area contributed by atoms with Crippen molar-refractivity contribution < 1.29 is 9.18 Å². The molecule has 0 fully saturated rings. The molecule has 0 aliphatic heterocycles. The number of carbonyl (C=O) groups is 1. The molecule has 5 nitrogen and oxygen atoms in total. The van der Waals surface area contributed by atoms with Gasteiger partial charge in [0.15, 0.2) is 0 Å². The van der Waals surface area contributed by atoms with Crippen LogP contribution in [0, 0.1) is 12.7 Å². The number of hydrogen-bond donors (Lipinski definition) is 3. The topological polar surface area (TPSA) is 69.8 Å². The van der Waals surface area contributed by atoms with Gasteiger partial charge in [-0.1, -0.05) is 30.3 Å². The van der Waals surface area contributed by atoms with Crippen molar-refractivity contribution in [3.8, 4) is 0 Å². The monoisotopic (exact) mass is 388 g/mol. The molecular weight excluding hydrogens is 367 g/mol. The molecule has 0 bridgehead atoms. The highest BCUT2D eigenvalue weighted by molar-refractivity contribution is 5.89. The van der Waals surface area contributed by atoms with Gasteiger partial charge in [0.25, 0.3) is 0 Å². The van der Waals surface area contributed by atoms with Crippen molar-refractivity contribution in [2.45, 2.75) is 12.8 Å². The van der Waals surface area contributed by atoms with Crippen LogP contribution >= 0.6 is 0 Å². The first-order valence-electron chi connectivity index (χ1n) is 9.39. The molecule has 4 rings (SSSR count). The molecule has 146 valence electrons. The van der Waals surface area contributed by atoms with Gasteiger partial charge in [0.05, 0.1) is 0 Å². The van der Waals surface area contributed by atoms with Gasteiger partial charge in [-0.2, -0.15) is 0 Å². The first-order valence-corrected chi connectivity index (χ1v) is 9.39. The minimum atomic E-state index is -0.387. The highest BCUT2D eigenvalue weighted by Gasteiger charge is 2.19. The summed E-state index contributed by atoms with van der Waals surface area (Å²) in [6.07, 6.45) is 5.50. The molecule has 0 saturated carbocycles. The Hall–Kier alpha value is -3.67. The summed E-state index contributed by atoms with van der Waals surface area (Å²) in [5.41, 5.74) is 4.06. The molecule has 0 aliphatic rings. The molecule has 2 aromatic carbocycles. The number of aromatic nitrogens is 2. The molecule has 0 radical (unpaired) electrons. The van der Waals surface area contributed by atoms with Crippen LogP contribution in [0.4, 0.5) is 14.9 Å². The third-order valence-corrected chi connectivity index (χ3v) is 4.98. The van der Waals surface area contributed by atoms with Gasteiger partial charge in [0.2, 0.25) is 0 Å². The number of pyridine rings is 1. The zero-order valence-corrected chi connectivity index (χ0v) is 15.9. The second kappa shape index (κ2) is 8.14. The van der Waals surface area contributed by atoms with Gasteiger partial charge in [0.1, 0.15) is 5.82 Å². The fourth-order valence-corrected chi connectivity index (χ4v) is 3.41. The van der Waals surface area contributed by atoms with E-state index in [9.17, 15) is 9.18 Å². The van der Waals surface area contributed by atoms with Gasteiger partial charge in [-0.25, -0.2) is 9.18 Å². The van der Waals surface area contributed by atoms with Crippen molar-refractivity contribution in [3.05, 3.63) is 95.7 Å². The van der Waals surface area contributed by atoms with Crippen molar-refractivity contribution >= 4 is 22.6 Å². The zero-order chi connectivity index (χ0) is 20.2. The third kappa shape index (κ3) is 4.11. The average Bonchev–Trinajstić information content (AvgIpc) is 3.16. The number of para-hydroxylation sites is 1. The minimum Gasteiger partial charge on any atom is -0.361 e. The number of aromatic amines is 1. The molecule has 2 aromatic heterocycles. The lowest BCUT2D eigenvalue weighted by atomic mass is 9.92. The highest BCUT2D eigenvalue weighted by Crippen LogP contribution is 2.30. The Morgan fingerprint density at radius 3 is 2.83 bits per heavy atom. The lowest BCUT2D eigenvalue weighted by molar-refractivity contribution is 0.252. The van der Waals surface area contributed by atoms with Gasteiger partial charge in [-0.05, 0) is 47.9 Å². The van der Waals surface area contributed by atoms with E-state index in [0.717, 1.165) is 22.0 Å². The largest absolute Gasteiger partial charge is 0.361 e. The number of nitrogens with zero attached hydrogens (tertiary/aromatic N) is 1. The predicted molar refractivity (Wildman–Crippen MR) is 113 cm³/mol. The fraction of sp³-hybridized carbons (Fsp3) is 0.130. The molecule has 0 saturated heterocycles. The molecule has 3 N–H and O–H groups in total. The number of anilines is 1. The maximum atomic E-state index is 13.7. The first-order chi connectivity index (χ1) is 14.1. The van der Waals surface area contributed by atoms with Gasteiger partial charge in [-0.3, -0.25) is 4.98 Å². The van der Waals surface area contributed by atoms with E-state index < -0.39 is 0 Å². The summed E-state index contributed by atoms with van der Waals surface area (Å²) in [4.78, 5) is 19.9. The number of urea groups is 1. The van der Waals surface area contributed by atoms with E-state index >= 15 is 0 Å². The minimum absolute atomic E-state index is 0.0830. The van der Waals surface area contributed by atoms with E-state index in [-0.39, 0.29) is 17.8 Å². The van der Waals surface area contributed by atoms with Crippen LogP contribution in [-0.2, 0) is 0 Å². The number of nitrogens with one attached hydrogen (secondary N) is 3. The van der Waals surface area contributed by atoms with Crippen molar-refractivity contribution in [1.82, 2.24) is 15.3 Å². The Morgan fingerprint density at radius 1 is 1.17 bits per heavy atom. The number of benzene rings is 2. The van der Waals surface area contributed by atoms with Gasteiger partial charge < -0.3 is 15.6 Å². The lowest BCUT2D eigenvalue weighted by Gasteiger charge is -2.18. The second-order valence-electron chi connectivity index (χ2n) is 6.93. The van der Waals surface area contributed by atoms with Crippen LogP contribution in [0.3, 0.4) is 0 Å². The van der Waals surface area contributed by atoms with Crippen LogP contribution in [0.1, 0.15) is 22.6 Å². The smallest absolute Gasteiger partial charge is 0.319 e. The summed E-state index contributed by atoms with van der Waals surface area (Å²) in [6, 6.07) is 16.2. The number of H-pyrrole nitrogens is 1. The van der Waals surface area contributed by atoms with Gasteiger partial charge in [0, 0.05) is 47.6 Å². The number of fused-ring (bicyclic) bond motifs is 1. The van der Waals surface area contributed by atoms with Crippen LogP contribution in [-0.4, -0.2) is 22.5 Å². The molecule has 1 atom stereocenters. The Bertz CT molecular complexity index is 1140. The summed E-state index contributed by atoms with van der Waals surface area (Å²) in [7, 11) is 0. The number of aryl methyl sites for hydroxylation is 1. The SMILES string of the molecule is Cc1ccc(NC(=O)NC[C@@H](c2cccnc2)c2c[nH]c3ccccc23)cc1F. The number of carbonyl (C=O) groups excluding carboxylic acids is 1. The van der Waals surface area contributed by atoms with E-state index in [0.29, 0.717) is 17.8 Å². The quantitative estimate of drug-likeness (QED) is 0.452. The molecule has 0 aliphatic carbocycles. The Labute approximate surface area is 168 Å². The molecule has 2 heterocycles. The normalized spacial score (nSPS) is 11.9. The summed E-state index contributed by atoms with van der Waals surface area (Å²) < 4.78 is 13.7. The van der Waals surface area contributed by atoms with E-state index in [1.807, 2.05) is 36.5 Å². The molecule has 6 heteroatoms.